The molecular weight excluding hydrogens is 346 g/mol. The lowest BCUT2D eigenvalue weighted by atomic mass is 10.2. The molecule has 2 nitrogen and oxygen atoms in total. The molecule has 0 saturated heterocycles. The molecule has 0 aliphatic heterocycles. The minimum Gasteiger partial charge on any atom is -0.390 e. The molecule has 0 aromatic carbocycles. The van der Waals surface area contributed by atoms with Gasteiger partial charge in [0.2, 0.25) is 0 Å². The number of alkyl halides is 2. The molecule has 0 radical (unpaired) electrons. The van der Waals surface area contributed by atoms with Crippen molar-refractivity contribution in [3.63, 3.8) is 0 Å². The van der Waals surface area contributed by atoms with E-state index in [9.17, 15) is 0 Å². The molecule has 9 heavy (non-hydrogen) atoms. The Hall–Kier alpha value is 1.38. The van der Waals surface area contributed by atoms with Crippen molar-refractivity contribution >= 4 is 45.2 Å². The van der Waals surface area contributed by atoms with Gasteiger partial charge in [-0.25, -0.2) is 0 Å². The minimum atomic E-state index is -0.587. The van der Waals surface area contributed by atoms with Gasteiger partial charge in [-0.15, -0.1) is 0 Å². The third-order valence-corrected chi connectivity index (χ3v) is 2.54. The average molecular weight is 356 g/mol. The highest BCUT2D eigenvalue weighted by atomic mass is 127. The maximum atomic E-state index is 9.13. The maximum absolute atomic E-state index is 9.13. The third kappa shape index (κ3) is 3.94. The van der Waals surface area contributed by atoms with Crippen molar-refractivity contribution in [2.24, 2.45) is 0 Å². The monoisotopic (exact) mass is 356 g/mol. The van der Waals surface area contributed by atoms with Gasteiger partial charge in [-0.2, -0.15) is 0 Å². The number of aliphatic hydroxyl groups is 2. The van der Waals surface area contributed by atoms with Crippen LogP contribution < -0.4 is 0 Å². The Kier molecular flexibility index (Phi) is 5.87. The first-order chi connectivity index (χ1) is 4.09. The molecule has 4 heteroatoms. The topological polar surface area (TPSA) is 40.5 Å². The Labute approximate surface area is 82.3 Å². The first kappa shape index (κ1) is 10.4. The Morgan fingerprint density at radius 2 is 1.78 bits per heavy atom. The van der Waals surface area contributed by atoms with Crippen LogP contribution in [0.25, 0.3) is 0 Å². The summed E-state index contributed by atoms with van der Waals surface area (Å²) >= 11 is 4.17. The normalized spacial score (nSPS) is 18.0. The molecule has 2 unspecified atom stereocenters. The van der Waals surface area contributed by atoms with Crippen LogP contribution in [0.3, 0.4) is 0 Å². The van der Waals surface area contributed by atoms with Gasteiger partial charge in [-0.05, 0) is 6.42 Å². The van der Waals surface area contributed by atoms with Crippen LogP contribution in [0.15, 0.2) is 0 Å². The van der Waals surface area contributed by atoms with E-state index >= 15 is 0 Å². The second kappa shape index (κ2) is 5.09. The summed E-state index contributed by atoms with van der Waals surface area (Å²) in [7, 11) is 0. The van der Waals surface area contributed by atoms with Crippen molar-refractivity contribution in [2.45, 2.75) is 27.5 Å². The van der Waals surface area contributed by atoms with E-state index in [0.717, 1.165) is 0 Å². The molecule has 0 spiro atoms. The smallest absolute Gasteiger partial charge is 0.101 e. The molecule has 0 saturated carbocycles. The van der Waals surface area contributed by atoms with Crippen molar-refractivity contribution in [3.8, 4) is 0 Å². The standard InChI is InChI=1S/C5H10I2O2/c1-2-3(8)4(9)5(6)7/h3-5,8-9H,2H2,1H3. The van der Waals surface area contributed by atoms with Gasteiger partial charge in [0.05, 0.1) is 8.04 Å². The minimum absolute atomic E-state index is 0.0927. The number of hydrogen-bond donors (Lipinski definition) is 2. The Morgan fingerprint density at radius 3 is 1.89 bits per heavy atom. The largest absolute Gasteiger partial charge is 0.390 e. The summed E-state index contributed by atoms with van der Waals surface area (Å²) in [5.41, 5.74) is 0. The van der Waals surface area contributed by atoms with Crippen LogP contribution in [0.1, 0.15) is 13.3 Å². The zero-order valence-corrected chi connectivity index (χ0v) is 9.40. The summed E-state index contributed by atoms with van der Waals surface area (Å²) < 4.78 is 0.0927. The van der Waals surface area contributed by atoms with Gasteiger partial charge in [0, 0.05) is 0 Å². The van der Waals surface area contributed by atoms with E-state index in [1.165, 1.54) is 0 Å². The van der Waals surface area contributed by atoms with Crippen LogP contribution in [0.5, 0.6) is 0 Å². The lowest BCUT2D eigenvalue weighted by Gasteiger charge is -2.16. The zero-order valence-electron chi connectivity index (χ0n) is 5.09. The van der Waals surface area contributed by atoms with Crippen LogP contribution in [0.2, 0.25) is 0 Å². The highest BCUT2D eigenvalue weighted by Crippen LogP contribution is 2.18. The van der Waals surface area contributed by atoms with Gasteiger partial charge >= 0.3 is 0 Å². The molecule has 0 bridgehead atoms. The van der Waals surface area contributed by atoms with E-state index in [2.05, 4.69) is 45.2 Å². The molecule has 0 rings (SSSR count). The summed E-state index contributed by atoms with van der Waals surface area (Å²) in [5, 5.41) is 18.2. The summed E-state index contributed by atoms with van der Waals surface area (Å²) in [5.74, 6) is 0. The molecule has 0 heterocycles. The molecule has 56 valence electrons. The number of halogens is 2. The van der Waals surface area contributed by atoms with Gasteiger partial charge in [0.25, 0.3) is 0 Å². The second-order valence-corrected chi connectivity index (χ2v) is 6.87. The van der Waals surface area contributed by atoms with Crippen LogP contribution >= 0.6 is 45.2 Å². The van der Waals surface area contributed by atoms with E-state index < -0.39 is 12.2 Å². The second-order valence-electron chi connectivity index (χ2n) is 1.80. The van der Waals surface area contributed by atoms with Gasteiger partial charge in [0.1, 0.15) is 6.10 Å². The molecule has 2 N–H and O–H groups in total. The highest BCUT2D eigenvalue weighted by Gasteiger charge is 2.19. The summed E-state index contributed by atoms with van der Waals surface area (Å²) in [6.45, 7) is 1.85. The summed E-state index contributed by atoms with van der Waals surface area (Å²) in [6, 6.07) is 0. The SMILES string of the molecule is CCC(O)C(O)C(I)I. The Bertz CT molecular complexity index is 77.4. The van der Waals surface area contributed by atoms with E-state index in [-0.39, 0.29) is 1.93 Å². The third-order valence-electron chi connectivity index (χ3n) is 1.07. The molecule has 0 fully saturated rings. The van der Waals surface area contributed by atoms with Crippen LogP contribution in [0.4, 0.5) is 0 Å². The molecule has 0 aliphatic carbocycles. The fourth-order valence-corrected chi connectivity index (χ4v) is 1.37. The van der Waals surface area contributed by atoms with Gasteiger partial charge in [0.15, 0.2) is 0 Å². The lowest BCUT2D eigenvalue weighted by Crippen LogP contribution is -2.29. The van der Waals surface area contributed by atoms with E-state index in [4.69, 9.17) is 10.2 Å². The fraction of sp³-hybridized carbons (Fsp3) is 1.00. The molecule has 2 atom stereocenters. The van der Waals surface area contributed by atoms with Crippen LogP contribution in [0, 0.1) is 0 Å². The van der Waals surface area contributed by atoms with Crippen LogP contribution in [-0.4, -0.2) is 24.4 Å². The van der Waals surface area contributed by atoms with Crippen molar-refractivity contribution in [1.29, 1.82) is 0 Å². The molecule has 0 amide bonds. The van der Waals surface area contributed by atoms with Crippen LogP contribution in [-0.2, 0) is 0 Å². The summed E-state index contributed by atoms with van der Waals surface area (Å²) in [4.78, 5) is 0. The molecular formula is C5H10I2O2. The van der Waals surface area contributed by atoms with E-state index in [1.807, 2.05) is 6.92 Å². The predicted octanol–water partition coefficient (Wildman–Crippen LogP) is 1.31. The molecule has 0 aromatic heterocycles. The maximum Gasteiger partial charge on any atom is 0.101 e. The number of aliphatic hydroxyl groups excluding tert-OH is 2. The Balaban J connectivity index is 3.58. The summed E-state index contributed by atoms with van der Waals surface area (Å²) in [6.07, 6.45) is -0.538. The molecule has 0 aliphatic rings. The fourth-order valence-electron chi connectivity index (χ4n) is 0.409. The molecule has 0 aromatic rings. The predicted molar refractivity (Wildman–Crippen MR) is 54.1 cm³/mol. The van der Waals surface area contributed by atoms with Crippen molar-refractivity contribution in [1.82, 2.24) is 0 Å². The average Bonchev–Trinajstić information content (AvgIpc) is 1.84. The van der Waals surface area contributed by atoms with Gasteiger partial charge in [-0.1, -0.05) is 52.1 Å². The van der Waals surface area contributed by atoms with E-state index in [0.29, 0.717) is 6.42 Å². The quantitative estimate of drug-likeness (QED) is 0.592. The van der Waals surface area contributed by atoms with Gasteiger partial charge < -0.3 is 10.2 Å². The van der Waals surface area contributed by atoms with Crippen molar-refractivity contribution < 1.29 is 10.2 Å². The lowest BCUT2D eigenvalue weighted by molar-refractivity contribution is 0.0317. The van der Waals surface area contributed by atoms with E-state index in [1.54, 1.807) is 0 Å². The van der Waals surface area contributed by atoms with Gasteiger partial charge in [-0.3, -0.25) is 0 Å². The highest BCUT2D eigenvalue weighted by molar-refractivity contribution is 14.2. The first-order valence-electron chi connectivity index (χ1n) is 2.73. The number of hydrogen-bond acceptors (Lipinski definition) is 2. The van der Waals surface area contributed by atoms with Crippen molar-refractivity contribution in [3.05, 3.63) is 0 Å². The zero-order chi connectivity index (χ0) is 7.44. The van der Waals surface area contributed by atoms with Crippen molar-refractivity contribution in [2.75, 3.05) is 0 Å². The first-order valence-corrected chi connectivity index (χ1v) is 5.23. The Morgan fingerprint density at radius 1 is 1.33 bits per heavy atom. The number of rotatable bonds is 3.